The number of benzene rings is 8. The highest BCUT2D eigenvalue weighted by atomic mass is 16.3. The summed E-state index contributed by atoms with van der Waals surface area (Å²) in [4.78, 5) is 6.88. The van der Waals surface area contributed by atoms with Crippen LogP contribution in [0.4, 0.5) is 17.1 Å². The van der Waals surface area contributed by atoms with Crippen molar-refractivity contribution in [1.29, 1.82) is 0 Å². The first-order valence-electron chi connectivity index (χ1n) is 17.0. The first kappa shape index (κ1) is 28.3. The van der Waals surface area contributed by atoms with Crippen LogP contribution in [-0.2, 0) is 0 Å². The quantitative estimate of drug-likeness (QED) is 0.188. The number of hydrogen-bond acceptors (Lipinski definition) is 3. The maximum absolute atomic E-state index is 6.62. The molecule has 10 aromatic rings. The Hall–Kier alpha value is -6.71. The van der Waals surface area contributed by atoms with E-state index in [1.54, 1.807) is 0 Å². The van der Waals surface area contributed by atoms with Gasteiger partial charge in [0, 0.05) is 45.5 Å². The third kappa shape index (κ3) is 4.63. The summed E-state index contributed by atoms with van der Waals surface area (Å²) in [6.07, 6.45) is 1.82. The fourth-order valence-electron chi connectivity index (χ4n) is 7.52. The van der Waals surface area contributed by atoms with Gasteiger partial charge in [0.05, 0.1) is 5.52 Å². The van der Waals surface area contributed by atoms with Gasteiger partial charge in [0.2, 0.25) is 0 Å². The van der Waals surface area contributed by atoms with E-state index in [1.807, 2.05) is 12.3 Å². The molecule has 0 N–H and O–H groups in total. The summed E-state index contributed by atoms with van der Waals surface area (Å²) in [5.74, 6) is 0. The van der Waals surface area contributed by atoms with Crippen LogP contribution in [0.25, 0.3) is 76.6 Å². The largest absolute Gasteiger partial charge is 0.455 e. The van der Waals surface area contributed by atoms with Gasteiger partial charge < -0.3 is 9.32 Å². The number of rotatable bonds is 5. The van der Waals surface area contributed by atoms with Crippen LogP contribution in [0.2, 0.25) is 0 Å². The fourth-order valence-corrected chi connectivity index (χ4v) is 7.52. The molecule has 0 radical (unpaired) electrons. The predicted molar refractivity (Wildman–Crippen MR) is 210 cm³/mol. The average molecular weight is 639 g/mol. The summed E-state index contributed by atoms with van der Waals surface area (Å²) in [7, 11) is 0. The van der Waals surface area contributed by atoms with Gasteiger partial charge in [0.15, 0.2) is 0 Å². The van der Waals surface area contributed by atoms with Crippen LogP contribution < -0.4 is 4.90 Å². The molecule has 3 heteroatoms. The summed E-state index contributed by atoms with van der Waals surface area (Å²) in [5.41, 5.74) is 10.6. The first-order valence-corrected chi connectivity index (χ1v) is 17.0. The zero-order valence-electron chi connectivity index (χ0n) is 27.1. The molecule has 0 unspecified atom stereocenters. The molecule has 0 saturated carbocycles. The van der Waals surface area contributed by atoms with Crippen LogP contribution in [0.3, 0.4) is 0 Å². The highest BCUT2D eigenvalue weighted by Gasteiger charge is 2.18. The molecule has 2 aromatic heterocycles. The fraction of sp³-hybridized carbons (Fsp3) is 0. The number of pyridine rings is 1. The van der Waals surface area contributed by atoms with Crippen molar-refractivity contribution in [2.24, 2.45) is 0 Å². The van der Waals surface area contributed by atoms with Crippen molar-refractivity contribution in [2.75, 3.05) is 4.90 Å². The van der Waals surface area contributed by atoms with E-state index in [2.05, 4.69) is 180 Å². The molecule has 0 amide bonds. The van der Waals surface area contributed by atoms with Crippen LogP contribution in [-0.4, -0.2) is 4.98 Å². The summed E-state index contributed by atoms with van der Waals surface area (Å²) in [5, 5.41) is 8.16. The zero-order valence-corrected chi connectivity index (χ0v) is 27.1. The molecule has 0 fully saturated rings. The van der Waals surface area contributed by atoms with Gasteiger partial charge in [-0.3, -0.25) is 4.98 Å². The topological polar surface area (TPSA) is 29.3 Å². The summed E-state index contributed by atoms with van der Waals surface area (Å²) >= 11 is 0. The number of furan rings is 1. The predicted octanol–water partition coefficient (Wildman–Crippen LogP) is 13.2. The van der Waals surface area contributed by atoms with E-state index in [0.29, 0.717) is 0 Å². The SMILES string of the molecule is c1cc(-c2cccc3ccccc23)cc(N(c2ccc(-c3cccc4ccccc34)cc2)c2ccc3c(c2)oc2c4cccnc4ccc32)c1. The molecule has 0 bridgehead atoms. The lowest BCUT2D eigenvalue weighted by Gasteiger charge is -2.26. The Labute approximate surface area is 289 Å². The van der Waals surface area contributed by atoms with Gasteiger partial charge in [-0.2, -0.15) is 0 Å². The average Bonchev–Trinajstić information content (AvgIpc) is 3.57. The first-order chi connectivity index (χ1) is 24.8. The minimum Gasteiger partial charge on any atom is -0.455 e. The molecule has 0 aliphatic carbocycles. The molecular formula is C47H30N2O. The summed E-state index contributed by atoms with van der Waals surface area (Å²) in [6, 6.07) is 62.8. The molecule has 10 rings (SSSR count). The Morgan fingerprint density at radius 2 is 1.02 bits per heavy atom. The third-order valence-corrected chi connectivity index (χ3v) is 9.89. The van der Waals surface area contributed by atoms with E-state index in [0.717, 1.165) is 49.9 Å². The zero-order chi connectivity index (χ0) is 33.0. The highest BCUT2D eigenvalue weighted by Crippen LogP contribution is 2.42. The van der Waals surface area contributed by atoms with Crippen LogP contribution >= 0.6 is 0 Å². The van der Waals surface area contributed by atoms with Crippen molar-refractivity contribution < 1.29 is 4.42 Å². The van der Waals surface area contributed by atoms with Gasteiger partial charge in [0.1, 0.15) is 11.2 Å². The Bertz CT molecular complexity index is 2870. The number of fused-ring (bicyclic) bond motifs is 7. The molecule has 3 nitrogen and oxygen atoms in total. The monoisotopic (exact) mass is 638 g/mol. The molecular weight excluding hydrogens is 609 g/mol. The molecule has 0 atom stereocenters. The van der Waals surface area contributed by atoms with E-state index < -0.39 is 0 Å². The highest BCUT2D eigenvalue weighted by molar-refractivity contribution is 6.15. The number of anilines is 3. The normalized spacial score (nSPS) is 11.6. The lowest BCUT2D eigenvalue weighted by atomic mass is 9.97. The molecule has 2 heterocycles. The minimum absolute atomic E-state index is 0.844. The maximum atomic E-state index is 6.62. The van der Waals surface area contributed by atoms with E-state index in [4.69, 9.17) is 4.42 Å². The minimum atomic E-state index is 0.844. The van der Waals surface area contributed by atoms with Crippen molar-refractivity contribution in [3.8, 4) is 22.3 Å². The van der Waals surface area contributed by atoms with Crippen LogP contribution in [0.15, 0.2) is 187 Å². The van der Waals surface area contributed by atoms with Crippen LogP contribution in [0, 0.1) is 0 Å². The standard InChI is InChI=1S/C47H30N2O/c1-3-15-38-31(9-1)11-6-17-40(38)33-20-22-35(23-21-33)49(36-14-5-13-34(29-36)41-18-7-12-32-10-2-4-16-39(32)41)37-24-25-42-43-26-27-45-44(19-8-28-48-45)47(43)50-46(42)30-37/h1-30H. The molecule has 234 valence electrons. The van der Waals surface area contributed by atoms with Crippen molar-refractivity contribution in [2.45, 2.75) is 0 Å². The molecule has 8 aromatic carbocycles. The summed E-state index contributed by atoms with van der Waals surface area (Å²) < 4.78 is 6.62. The lowest BCUT2D eigenvalue weighted by molar-refractivity contribution is 0.672. The molecule has 0 spiro atoms. The number of hydrogen-bond donors (Lipinski definition) is 0. The van der Waals surface area contributed by atoms with Crippen LogP contribution in [0.5, 0.6) is 0 Å². The van der Waals surface area contributed by atoms with Gasteiger partial charge in [-0.1, -0.05) is 109 Å². The Morgan fingerprint density at radius 1 is 0.400 bits per heavy atom. The van der Waals surface area contributed by atoms with E-state index in [1.165, 1.54) is 43.8 Å². The van der Waals surface area contributed by atoms with Gasteiger partial charge in [-0.25, -0.2) is 0 Å². The molecule has 50 heavy (non-hydrogen) atoms. The second-order valence-corrected chi connectivity index (χ2v) is 12.8. The van der Waals surface area contributed by atoms with E-state index >= 15 is 0 Å². The van der Waals surface area contributed by atoms with Crippen molar-refractivity contribution >= 4 is 71.4 Å². The van der Waals surface area contributed by atoms with E-state index in [-0.39, 0.29) is 0 Å². The maximum Gasteiger partial charge on any atom is 0.144 e. The number of nitrogens with zero attached hydrogens (tertiary/aromatic N) is 2. The Kier molecular flexibility index (Phi) is 6.49. The van der Waals surface area contributed by atoms with Gasteiger partial charge in [-0.05, 0) is 104 Å². The van der Waals surface area contributed by atoms with Crippen LogP contribution in [0.1, 0.15) is 0 Å². The summed E-state index contributed by atoms with van der Waals surface area (Å²) in [6.45, 7) is 0. The Balaban J connectivity index is 1.15. The van der Waals surface area contributed by atoms with Gasteiger partial charge >= 0.3 is 0 Å². The van der Waals surface area contributed by atoms with Gasteiger partial charge in [0.25, 0.3) is 0 Å². The smallest absolute Gasteiger partial charge is 0.144 e. The third-order valence-electron chi connectivity index (χ3n) is 9.89. The second kappa shape index (κ2) is 11.5. The lowest BCUT2D eigenvalue weighted by Crippen LogP contribution is -2.10. The number of aromatic nitrogens is 1. The van der Waals surface area contributed by atoms with Crippen molar-refractivity contribution in [3.63, 3.8) is 0 Å². The second-order valence-electron chi connectivity index (χ2n) is 12.8. The molecule has 0 aliphatic rings. The van der Waals surface area contributed by atoms with E-state index in [9.17, 15) is 0 Å². The van der Waals surface area contributed by atoms with Crippen molar-refractivity contribution in [1.82, 2.24) is 4.98 Å². The molecule has 0 saturated heterocycles. The van der Waals surface area contributed by atoms with Gasteiger partial charge in [-0.15, -0.1) is 0 Å². The molecule has 0 aliphatic heterocycles. The van der Waals surface area contributed by atoms with Crippen molar-refractivity contribution in [3.05, 3.63) is 182 Å². The Morgan fingerprint density at radius 3 is 1.80 bits per heavy atom.